The Morgan fingerprint density at radius 1 is 1.16 bits per heavy atom. The molecule has 0 spiro atoms. The molecule has 0 aliphatic carbocycles. The lowest BCUT2D eigenvalue weighted by atomic mass is 9.92. The lowest BCUT2D eigenvalue weighted by molar-refractivity contribution is -0.147. The summed E-state index contributed by atoms with van der Waals surface area (Å²) in [5.74, 6) is 0.494. The van der Waals surface area contributed by atoms with E-state index in [0.717, 1.165) is 32.6 Å². The zero-order valence-electron chi connectivity index (χ0n) is 15.3. The van der Waals surface area contributed by atoms with Crippen LogP contribution in [0, 0.1) is 5.92 Å². The van der Waals surface area contributed by atoms with Gasteiger partial charge in [-0.3, -0.25) is 9.59 Å². The largest absolute Gasteiger partial charge is 0.340 e. The number of rotatable bonds is 3. The lowest BCUT2D eigenvalue weighted by Crippen LogP contribution is -2.54. The zero-order chi connectivity index (χ0) is 17.8. The van der Waals surface area contributed by atoms with Crippen LogP contribution >= 0.6 is 0 Å². The summed E-state index contributed by atoms with van der Waals surface area (Å²) in [6.07, 6.45) is 2.09. The van der Waals surface area contributed by atoms with Crippen LogP contribution in [-0.4, -0.2) is 53.8 Å². The fraction of sp³-hybridized carbons (Fsp3) is 0.600. The minimum Gasteiger partial charge on any atom is -0.340 e. The second kappa shape index (κ2) is 8.00. The van der Waals surface area contributed by atoms with Crippen molar-refractivity contribution in [2.24, 2.45) is 5.92 Å². The molecule has 1 N–H and O–H groups in total. The van der Waals surface area contributed by atoms with Crippen LogP contribution in [0.2, 0.25) is 0 Å². The van der Waals surface area contributed by atoms with Crippen molar-refractivity contribution in [1.29, 1.82) is 0 Å². The zero-order valence-corrected chi connectivity index (χ0v) is 15.3. The molecule has 2 heterocycles. The number of carbonyl (C=O) groups is 2. The second-order valence-electron chi connectivity index (χ2n) is 7.54. The summed E-state index contributed by atoms with van der Waals surface area (Å²) in [5, 5.41) is 3.34. The maximum absolute atomic E-state index is 13.2. The molecule has 1 unspecified atom stereocenters. The topological polar surface area (TPSA) is 52.7 Å². The Morgan fingerprint density at radius 3 is 2.68 bits per heavy atom. The van der Waals surface area contributed by atoms with Gasteiger partial charge in [0.15, 0.2) is 0 Å². The molecule has 5 nitrogen and oxygen atoms in total. The minimum atomic E-state index is -0.362. The van der Waals surface area contributed by atoms with Gasteiger partial charge in [0.25, 0.3) is 0 Å². The van der Waals surface area contributed by atoms with E-state index in [1.165, 1.54) is 11.1 Å². The van der Waals surface area contributed by atoms with Crippen molar-refractivity contribution in [3.63, 3.8) is 0 Å². The molecule has 1 atom stereocenters. The van der Waals surface area contributed by atoms with Gasteiger partial charge in [0.2, 0.25) is 11.8 Å². The molecular formula is C20H29N3O2. The van der Waals surface area contributed by atoms with Crippen LogP contribution in [0.5, 0.6) is 0 Å². The van der Waals surface area contributed by atoms with Crippen LogP contribution in [0.25, 0.3) is 0 Å². The van der Waals surface area contributed by atoms with Crippen molar-refractivity contribution < 1.29 is 9.59 Å². The van der Waals surface area contributed by atoms with Crippen LogP contribution < -0.4 is 5.32 Å². The van der Waals surface area contributed by atoms with Crippen LogP contribution in [0.15, 0.2) is 24.3 Å². The molecule has 1 aromatic rings. The Bertz CT molecular complexity index is 621. The molecule has 0 aromatic heterocycles. The molecule has 0 radical (unpaired) electrons. The molecule has 2 aliphatic rings. The number of amides is 2. The van der Waals surface area contributed by atoms with Crippen molar-refractivity contribution in [3.8, 4) is 0 Å². The highest BCUT2D eigenvalue weighted by molar-refractivity contribution is 5.88. The van der Waals surface area contributed by atoms with Gasteiger partial charge in [0, 0.05) is 39.0 Å². The number of nitrogens with zero attached hydrogens (tertiary/aromatic N) is 2. The number of nitrogens with one attached hydrogen (secondary N) is 1. The maximum Gasteiger partial charge on any atom is 0.245 e. The normalized spacial score (nSPS) is 21.0. The molecule has 1 saturated heterocycles. The summed E-state index contributed by atoms with van der Waals surface area (Å²) in [5.41, 5.74) is 2.36. The van der Waals surface area contributed by atoms with Crippen LogP contribution in [0.4, 0.5) is 0 Å². The first-order valence-corrected chi connectivity index (χ1v) is 9.42. The predicted molar refractivity (Wildman–Crippen MR) is 98.0 cm³/mol. The van der Waals surface area contributed by atoms with Crippen LogP contribution in [0.3, 0.4) is 0 Å². The number of hydrogen-bond acceptors (Lipinski definition) is 3. The molecule has 1 fully saturated rings. The van der Waals surface area contributed by atoms with Gasteiger partial charge in [-0.2, -0.15) is 0 Å². The quantitative estimate of drug-likeness (QED) is 0.911. The number of benzene rings is 1. The first-order valence-electron chi connectivity index (χ1n) is 9.42. The molecule has 2 amide bonds. The SMILES string of the molecule is CC(C)CC(=O)N1Cc2ccccc2CC1C(=O)N1CCCNCC1. The van der Waals surface area contributed by atoms with Gasteiger partial charge in [-0.25, -0.2) is 0 Å². The Labute approximate surface area is 150 Å². The van der Waals surface area contributed by atoms with Gasteiger partial charge >= 0.3 is 0 Å². The summed E-state index contributed by atoms with van der Waals surface area (Å²) in [4.78, 5) is 29.8. The highest BCUT2D eigenvalue weighted by atomic mass is 16.2. The predicted octanol–water partition coefficient (Wildman–Crippen LogP) is 1.81. The minimum absolute atomic E-state index is 0.0933. The highest BCUT2D eigenvalue weighted by Crippen LogP contribution is 2.26. The van der Waals surface area contributed by atoms with E-state index in [-0.39, 0.29) is 17.9 Å². The van der Waals surface area contributed by atoms with E-state index in [2.05, 4.69) is 17.4 Å². The van der Waals surface area contributed by atoms with Gasteiger partial charge in [-0.15, -0.1) is 0 Å². The Kier molecular flexibility index (Phi) is 5.74. The molecule has 2 aliphatic heterocycles. The number of carbonyl (C=O) groups excluding carboxylic acids is 2. The van der Waals surface area contributed by atoms with E-state index in [1.54, 1.807) is 0 Å². The second-order valence-corrected chi connectivity index (χ2v) is 7.54. The van der Waals surface area contributed by atoms with Gasteiger partial charge in [0.05, 0.1) is 0 Å². The third-order valence-corrected chi connectivity index (χ3v) is 5.09. The first kappa shape index (κ1) is 17.9. The van der Waals surface area contributed by atoms with Crippen molar-refractivity contribution in [3.05, 3.63) is 35.4 Å². The molecule has 136 valence electrons. The van der Waals surface area contributed by atoms with Gasteiger partial charge in [-0.05, 0) is 30.0 Å². The van der Waals surface area contributed by atoms with Crippen LogP contribution in [0.1, 0.15) is 37.8 Å². The van der Waals surface area contributed by atoms with E-state index in [0.29, 0.717) is 25.3 Å². The summed E-state index contributed by atoms with van der Waals surface area (Å²) >= 11 is 0. The lowest BCUT2D eigenvalue weighted by Gasteiger charge is -2.38. The monoisotopic (exact) mass is 343 g/mol. The summed E-state index contributed by atoms with van der Waals surface area (Å²) in [6.45, 7) is 7.92. The molecule has 25 heavy (non-hydrogen) atoms. The van der Waals surface area contributed by atoms with Crippen LogP contribution in [-0.2, 0) is 22.6 Å². The Hall–Kier alpha value is -1.88. The molecule has 0 saturated carbocycles. The Balaban J connectivity index is 1.84. The van der Waals surface area contributed by atoms with Gasteiger partial charge < -0.3 is 15.1 Å². The van der Waals surface area contributed by atoms with Crippen molar-refractivity contribution in [2.75, 3.05) is 26.2 Å². The fourth-order valence-corrected chi connectivity index (χ4v) is 3.75. The van der Waals surface area contributed by atoms with E-state index in [1.807, 2.05) is 35.8 Å². The van der Waals surface area contributed by atoms with Gasteiger partial charge in [0.1, 0.15) is 6.04 Å². The smallest absolute Gasteiger partial charge is 0.245 e. The summed E-state index contributed by atoms with van der Waals surface area (Å²) in [6, 6.07) is 7.82. The third-order valence-electron chi connectivity index (χ3n) is 5.09. The third kappa shape index (κ3) is 4.21. The number of hydrogen-bond donors (Lipinski definition) is 1. The van der Waals surface area contributed by atoms with Gasteiger partial charge in [-0.1, -0.05) is 38.1 Å². The van der Waals surface area contributed by atoms with E-state index in [4.69, 9.17) is 0 Å². The summed E-state index contributed by atoms with van der Waals surface area (Å²) < 4.78 is 0. The average molecular weight is 343 g/mol. The highest BCUT2D eigenvalue weighted by Gasteiger charge is 2.36. The molecular weight excluding hydrogens is 314 g/mol. The first-order chi connectivity index (χ1) is 12.1. The average Bonchev–Trinajstić information content (AvgIpc) is 2.88. The van der Waals surface area contributed by atoms with E-state index in [9.17, 15) is 9.59 Å². The van der Waals surface area contributed by atoms with Crippen molar-refractivity contribution in [1.82, 2.24) is 15.1 Å². The van der Waals surface area contributed by atoms with Crippen molar-refractivity contribution >= 4 is 11.8 Å². The summed E-state index contributed by atoms with van der Waals surface area (Å²) in [7, 11) is 0. The standard InChI is InChI=1S/C20H29N3O2/c1-15(2)12-19(24)23-14-17-7-4-3-6-16(17)13-18(23)20(25)22-10-5-8-21-9-11-22/h3-4,6-7,15,18,21H,5,8-14H2,1-2H3. The maximum atomic E-state index is 13.2. The van der Waals surface area contributed by atoms with E-state index < -0.39 is 0 Å². The number of fused-ring (bicyclic) bond motifs is 1. The van der Waals surface area contributed by atoms with E-state index >= 15 is 0 Å². The molecule has 0 bridgehead atoms. The molecule has 1 aromatic carbocycles. The fourth-order valence-electron chi connectivity index (χ4n) is 3.75. The molecule has 3 rings (SSSR count). The van der Waals surface area contributed by atoms with Crippen molar-refractivity contribution in [2.45, 2.75) is 45.7 Å². The Morgan fingerprint density at radius 2 is 1.92 bits per heavy atom. The molecule has 5 heteroatoms.